The summed E-state index contributed by atoms with van der Waals surface area (Å²) in [4.78, 5) is 0. The van der Waals surface area contributed by atoms with Gasteiger partial charge in [-0.2, -0.15) is 0 Å². The van der Waals surface area contributed by atoms with Gasteiger partial charge in [0.1, 0.15) is 0 Å². The maximum Gasteiger partial charge on any atom is 0.0411 e. The Kier molecular flexibility index (Phi) is 6.17. The summed E-state index contributed by atoms with van der Waals surface area (Å²) < 4.78 is 0. The zero-order valence-electron chi connectivity index (χ0n) is 14.2. The van der Waals surface area contributed by atoms with Crippen LogP contribution in [0.5, 0.6) is 0 Å². The van der Waals surface area contributed by atoms with E-state index in [4.69, 9.17) is 11.6 Å². The van der Waals surface area contributed by atoms with Crippen LogP contribution in [0.3, 0.4) is 0 Å². The molecule has 1 saturated carbocycles. The summed E-state index contributed by atoms with van der Waals surface area (Å²) in [5.41, 5.74) is 2.80. The number of halogens is 1. The molecule has 0 saturated heterocycles. The van der Waals surface area contributed by atoms with Crippen LogP contribution in [0, 0.1) is 17.8 Å². The third-order valence-electron chi connectivity index (χ3n) is 5.32. The Morgan fingerprint density at radius 2 is 1.67 bits per heavy atom. The van der Waals surface area contributed by atoms with Gasteiger partial charge < -0.3 is 0 Å². The molecule has 0 unspecified atom stereocenters. The Balaban J connectivity index is 1.86. The fraction of sp³-hybridized carbons (Fsp3) is 0.700. The van der Waals surface area contributed by atoms with Gasteiger partial charge in [0.15, 0.2) is 0 Å². The van der Waals surface area contributed by atoms with E-state index in [1.807, 2.05) is 0 Å². The molecule has 1 aromatic rings. The number of hydrogen-bond donors (Lipinski definition) is 0. The van der Waals surface area contributed by atoms with Crippen molar-refractivity contribution in [2.75, 3.05) is 0 Å². The van der Waals surface area contributed by atoms with Crippen LogP contribution < -0.4 is 0 Å². The minimum atomic E-state index is 0.559. The smallest absolute Gasteiger partial charge is 0.0411 e. The fourth-order valence-electron chi connectivity index (χ4n) is 3.67. The number of hydrogen-bond acceptors (Lipinski definition) is 0. The Bertz CT molecular complexity index is 439. The lowest BCUT2D eigenvalue weighted by atomic mass is 9.75. The van der Waals surface area contributed by atoms with E-state index in [0.29, 0.717) is 5.92 Å². The van der Waals surface area contributed by atoms with Crippen molar-refractivity contribution in [1.29, 1.82) is 0 Å². The molecule has 1 aliphatic carbocycles. The molecule has 0 aliphatic heterocycles. The molecule has 1 heteroatoms. The molecular formula is C20H31Cl. The number of benzene rings is 1. The van der Waals surface area contributed by atoms with E-state index < -0.39 is 0 Å². The maximum atomic E-state index is 6.27. The maximum absolute atomic E-state index is 6.27. The third-order valence-corrected chi connectivity index (χ3v) is 5.54. The van der Waals surface area contributed by atoms with Gasteiger partial charge >= 0.3 is 0 Å². The molecule has 0 nitrogen and oxygen atoms in total. The van der Waals surface area contributed by atoms with Gasteiger partial charge in [0.25, 0.3) is 0 Å². The summed E-state index contributed by atoms with van der Waals surface area (Å²) in [6, 6.07) is 6.63. The van der Waals surface area contributed by atoms with E-state index in [9.17, 15) is 0 Å². The SMILES string of the molecule is CC(C)c1cc(Cl)cc(CCC2CCC(C(C)C)CC2)c1. The van der Waals surface area contributed by atoms with E-state index in [-0.39, 0.29) is 0 Å². The van der Waals surface area contributed by atoms with Gasteiger partial charge in [-0.1, -0.05) is 58.2 Å². The summed E-state index contributed by atoms with van der Waals surface area (Å²) >= 11 is 6.27. The molecule has 1 fully saturated rings. The van der Waals surface area contributed by atoms with Crippen LogP contribution in [-0.2, 0) is 6.42 Å². The van der Waals surface area contributed by atoms with Crippen molar-refractivity contribution in [2.24, 2.45) is 17.8 Å². The van der Waals surface area contributed by atoms with E-state index in [1.54, 1.807) is 0 Å². The predicted molar refractivity (Wildman–Crippen MR) is 94.1 cm³/mol. The number of aryl methyl sites for hydroxylation is 1. The Morgan fingerprint density at radius 3 is 2.24 bits per heavy atom. The molecule has 2 rings (SSSR count). The normalized spacial score (nSPS) is 23.0. The first kappa shape index (κ1) is 16.9. The van der Waals surface area contributed by atoms with Crippen LogP contribution in [0.1, 0.15) is 76.8 Å². The van der Waals surface area contributed by atoms with Crippen LogP contribution in [0.2, 0.25) is 5.02 Å². The zero-order chi connectivity index (χ0) is 15.4. The second-order valence-electron chi connectivity index (χ2n) is 7.61. The van der Waals surface area contributed by atoms with Crippen LogP contribution in [0.4, 0.5) is 0 Å². The number of rotatable bonds is 5. The van der Waals surface area contributed by atoms with Crippen LogP contribution in [0.25, 0.3) is 0 Å². The Morgan fingerprint density at radius 1 is 1.00 bits per heavy atom. The van der Waals surface area contributed by atoms with Crippen molar-refractivity contribution < 1.29 is 0 Å². The molecule has 0 N–H and O–H groups in total. The highest BCUT2D eigenvalue weighted by Gasteiger charge is 2.22. The molecule has 0 aromatic heterocycles. The molecule has 0 spiro atoms. The van der Waals surface area contributed by atoms with E-state index in [2.05, 4.69) is 45.9 Å². The molecule has 1 aromatic carbocycles. The summed E-state index contributed by atoms with van der Waals surface area (Å²) in [7, 11) is 0. The molecule has 0 bridgehead atoms. The molecular weight excluding hydrogens is 276 g/mol. The minimum absolute atomic E-state index is 0.559. The molecule has 21 heavy (non-hydrogen) atoms. The lowest BCUT2D eigenvalue weighted by Crippen LogP contribution is -2.19. The van der Waals surface area contributed by atoms with Crippen LogP contribution in [0.15, 0.2) is 18.2 Å². The van der Waals surface area contributed by atoms with Crippen molar-refractivity contribution in [3.8, 4) is 0 Å². The topological polar surface area (TPSA) is 0 Å². The van der Waals surface area contributed by atoms with E-state index in [1.165, 1.54) is 49.7 Å². The van der Waals surface area contributed by atoms with E-state index in [0.717, 1.165) is 22.8 Å². The standard InChI is InChI=1S/C20H31Cl/c1-14(2)18-9-7-16(8-10-18)5-6-17-11-19(15(3)4)13-20(21)12-17/h11-16,18H,5-10H2,1-4H3. The molecule has 0 heterocycles. The lowest BCUT2D eigenvalue weighted by molar-refractivity contribution is 0.217. The first-order valence-corrected chi connectivity index (χ1v) is 9.13. The predicted octanol–water partition coefficient (Wildman–Crippen LogP) is 6.86. The zero-order valence-corrected chi connectivity index (χ0v) is 14.9. The van der Waals surface area contributed by atoms with E-state index >= 15 is 0 Å². The van der Waals surface area contributed by atoms with Gasteiger partial charge in [-0.3, -0.25) is 0 Å². The Hall–Kier alpha value is -0.490. The quantitative estimate of drug-likeness (QED) is 0.557. The summed E-state index contributed by atoms with van der Waals surface area (Å²) in [5.74, 6) is 3.33. The van der Waals surface area contributed by atoms with Crippen LogP contribution in [-0.4, -0.2) is 0 Å². The van der Waals surface area contributed by atoms with Gasteiger partial charge in [-0.05, 0) is 72.6 Å². The van der Waals surface area contributed by atoms with Gasteiger partial charge in [0, 0.05) is 5.02 Å². The van der Waals surface area contributed by atoms with Crippen molar-refractivity contribution in [1.82, 2.24) is 0 Å². The summed E-state index contributed by atoms with van der Waals surface area (Å²) in [6.45, 7) is 9.24. The molecule has 118 valence electrons. The van der Waals surface area contributed by atoms with Gasteiger partial charge in [0.2, 0.25) is 0 Å². The molecule has 0 radical (unpaired) electrons. The highest BCUT2D eigenvalue weighted by molar-refractivity contribution is 6.30. The van der Waals surface area contributed by atoms with Gasteiger partial charge in [-0.25, -0.2) is 0 Å². The average molecular weight is 307 g/mol. The fourth-order valence-corrected chi connectivity index (χ4v) is 3.93. The average Bonchev–Trinajstić information content (AvgIpc) is 2.45. The second kappa shape index (κ2) is 7.68. The molecule has 0 atom stereocenters. The first-order valence-electron chi connectivity index (χ1n) is 8.75. The van der Waals surface area contributed by atoms with Crippen molar-refractivity contribution in [3.63, 3.8) is 0 Å². The summed E-state index contributed by atoms with van der Waals surface area (Å²) in [6.07, 6.45) is 8.27. The Labute approximate surface area is 136 Å². The largest absolute Gasteiger partial charge is 0.0843 e. The highest BCUT2D eigenvalue weighted by atomic mass is 35.5. The lowest BCUT2D eigenvalue weighted by Gasteiger charge is -2.31. The third kappa shape index (κ3) is 5.02. The van der Waals surface area contributed by atoms with Crippen molar-refractivity contribution in [3.05, 3.63) is 34.3 Å². The summed E-state index contributed by atoms with van der Waals surface area (Å²) in [5, 5.41) is 0.903. The molecule has 1 aliphatic rings. The van der Waals surface area contributed by atoms with Gasteiger partial charge in [-0.15, -0.1) is 0 Å². The van der Waals surface area contributed by atoms with Crippen LogP contribution >= 0.6 is 11.6 Å². The highest BCUT2D eigenvalue weighted by Crippen LogP contribution is 2.35. The monoisotopic (exact) mass is 306 g/mol. The van der Waals surface area contributed by atoms with Crippen molar-refractivity contribution >= 4 is 11.6 Å². The second-order valence-corrected chi connectivity index (χ2v) is 8.05. The minimum Gasteiger partial charge on any atom is -0.0843 e. The van der Waals surface area contributed by atoms with Crippen molar-refractivity contribution in [2.45, 2.75) is 72.1 Å². The molecule has 0 amide bonds. The van der Waals surface area contributed by atoms with Gasteiger partial charge in [0.05, 0.1) is 0 Å². The first-order chi connectivity index (χ1) is 9.95.